The van der Waals surface area contributed by atoms with E-state index in [-0.39, 0.29) is 18.0 Å². The molecule has 0 bridgehead atoms. The van der Waals surface area contributed by atoms with Crippen LogP contribution in [0.25, 0.3) is 0 Å². The average molecular weight is 446 g/mol. The second-order valence-corrected chi connectivity index (χ2v) is 8.89. The zero-order valence-corrected chi connectivity index (χ0v) is 18.9. The van der Waals surface area contributed by atoms with E-state index in [1.165, 1.54) is 38.3 Å². The van der Waals surface area contributed by atoms with Crippen LogP contribution < -0.4 is 15.5 Å². The van der Waals surface area contributed by atoms with Crippen LogP contribution in [0.2, 0.25) is 0 Å². The monoisotopic (exact) mass is 445 g/mol. The molecule has 7 heteroatoms. The molecule has 2 aromatic heterocycles. The van der Waals surface area contributed by atoms with Gasteiger partial charge in [-0.25, -0.2) is 0 Å². The fourth-order valence-corrected chi connectivity index (χ4v) is 5.36. The van der Waals surface area contributed by atoms with Crippen molar-refractivity contribution < 1.29 is 4.79 Å². The van der Waals surface area contributed by atoms with Crippen molar-refractivity contribution in [1.82, 2.24) is 14.9 Å². The first-order valence-corrected chi connectivity index (χ1v) is 11.6. The molecule has 2 unspecified atom stereocenters. The van der Waals surface area contributed by atoms with E-state index in [0.29, 0.717) is 11.2 Å². The highest BCUT2D eigenvalue weighted by atomic mass is 32.1. The molecule has 0 spiro atoms. The van der Waals surface area contributed by atoms with Gasteiger partial charge in [0.2, 0.25) is 5.91 Å². The van der Waals surface area contributed by atoms with Crippen LogP contribution in [0.4, 0.5) is 11.4 Å². The highest BCUT2D eigenvalue weighted by Crippen LogP contribution is 2.43. The first-order valence-electron chi connectivity index (χ1n) is 11.2. The molecule has 164 valence electrons. The van der Waals surface area contributed by atoms with Crippen LogP contribution in [0.5, 0.6) is 0 Å². The van der Waals surface area contributed by atoms with E-state index in [0.717, 1.165) is 17.1 Å². The Hall–Kier alpha value is -3.19. The number of carbonyl (C=O) groups excluding carboxylic acids is 1. The lowest BCUT2D eigenvalue weighted by Gasteiger charge is -2.30. The SMILES string of the molecule is CC(=O)Nc1ccc(N2C(=S)NC(c3ccccn3)C2c2cccn2C2CCCC2)cc1. The molecule has 2 fully saturated rings. The van der Waals surface area contributed by atoms with Crippen molar-refractivity contribution in [2.45, 2.75) is 50.7 Å². The standard InChI is InChI=1S/C25H27N5OS/c1-17(31)27-18-11-13-20(14-12-18)30-24(22-10-6-16-29(22)19-7-2-3-8-19)23(28-25(30)32)21-9-4-5-15-26-21/h4-6,9-16,19,23-24H,2-3,7-8H2,1H3,(H,27,31)(H,28,32). The topological polar surface area (TPSA) is 62.2 Å². The predicted molar refractivity (Wildman–Crippen MR) is 131 cm³/mol. The Morgan fingerprint density at radius 2 is 1.88 bits per heavy atom. The van der Waals surface area contributed by atoms with Crippen LogP contribution in [0.3, 0.4) is 0 Å². The minimum atomic E-state index is -0.0846. The fourth-order valence-electron chi connectivity index (χ4n) is 5.01. The number of anilines is 2. The Morgan fingerprint density at radius 3 is 2.56 bits per heavy atom. The summed E-state index contributed by atoms with van der Waals surface area (Å²) in [6, 6.07) is 18.7. The zero-order chi connectivity index (χ0) is 22.1. The molecular formula is C25H27N5OS. The molecule has 1 aliphatic heterocycles. The largest absolute Gasteiger partial charge is 0.351 e. The third kappa shape index (κ3) is 3.88. The molecule has 32 heavy (non-hydrogen) atoms. The molecule has 3 aromatic rings. The van der Waals surface area contributed by atoms with E-state index in [1.54, 1.807) is 0 Å². The number of carbonyl (C=O) groups is 1. The van der Waals surface area contributed by atoms with Crippen LogP contribution in [-0.4, -0.2) is 20.6 Å². The molecule has 5 rings (SSSR count). The van der Waals surface area contributed by atoms with Crippen molar-refractivity contribution in [3.05, 3.63) is 78.4 Å². The van der Waals surface area contributed by atoms with Gasteiger partial charge in [0.15, 0.2) is 5.11 Å². The molecule has 1 amide bonds. The Labute approximate surface area is 193 Å². The molecule has 1 saturated heterocycles. The van der Waals surface area contributed by atoms with E-state index in [2.05, 4.69) is 49.5 Å². The Morgan fingerprint density at radius 1 is 1.09 bits per heavy atom. The lowest BCUT2D eigenvalue weighted by molar-refractivity contribution is -0.114. The molecule has 1 saturated carbocycles. The van der Waals surface area contributed by atoms with Gasteiger partial charge >= 0.3 is 0 Å². The number of nitrogens with zero attached hydrogens (tertiary/aromatic N) is 3. The number of aromatic nitrogens is 2. The zero-order valence-electron chi connectivity index (χ0n) is 18.1. The Balaban J connectivity index is 1.57. The second-order valence-electron chi connectivity index (χ2n) is 8.50. The van der Waals surface area contributed by atoms with Crippen LogP contribution in [0, 0.1) is 0 Å². The van der Waals surface area contributed by atoms with Gasteiger partial charge in [0.05, 0.1) is 11.7 Å². The minimum Gasteiger partial charge on any atom is -0.351 e. The summed E-state index contributed by atoms with van der Waals surface area (Å²) in [5, 5.41) is 7.04. The van der Waals surface area contributed by atoms with E-state index in [1.807, 2.05) is 42.6 Å². The number of pyridine rings is 1. The van der Waals surface area contributed by atoms with Gasteiger partial charge in [0, 0.05) is 42.4 Å². The molecule has 1 aromatic carbocycles. The van der Waals surface area contributed by atoms with Gasteiger partial charge in [-0.1, -0.05) is 18.9 Å². The second kappa shape index (κ2) is 8.74. The normalized spacial score (nSPS) is 21.0. The molecule has 0 radical (unpaired) electrons. The summed E-state index contributed by atoms with van der Waals surface area (Å²) >= 11 is 5.84. The van der Waals surface area contributed by atoms with Crippen LogP contribution in [0.1, 0.15) is 62.1 Å². The maximum Gasteiger partial charge on any atom is 0.221 e. The van der Waals surface area contributed by atoms with Crippen molar-refractivity contribution in [1.29, 1.82) is 0 Å². The highest BCUT2D eigenvalue weighted by molar-refractivity contribution is 7.80. The molecule has 2 atom stereocenters. The van der Waals surface area contributed by atoms with Gasteiger partial charge in [-0.05, 0) is 73.6 Å². The molecule has 3 heterocycles. The highest BCUT2D eigenvalue weighted by Gasteiger charge is 2.42. The lowest BCUT2D eigenvalue weighted by atomic mass is 10.00. The quantitative estimate of drug-likeness (QED) is 0.533. The van der Waals surface area contributed by atoms with Gasteiger partial charge in [-0.3, -0.25) is 9.78 Å². The number of amides is 1. The van der Waals surface area contributed by atoms with Crippen molar-refractivity contribution in [3.63, 3.8) is 0 Å². The van der Waals surface area contributed by atoms with E-state index in [4.69, 9.17) is 12.2 Å². The predicted octanol–water partition coefficient (Wildman–Crippen LogP) is 5.13. The van der Waals surface area contributed by atoms with Gasteiger partial charge < -0.3 is 20.1 Å². The van der Waals surface area contributed by atoms with Gasteiger partial charge in [0.25, 0.3) is 0 Å². The summed E-state index contributed by atoms with van der Waals surface area (Å²) < 4.78 is 2.45. The van der Waals surface area contributed by atoms with E-state index < -0.39 is 0 Å². The van der Waals surface area contributed by atoms with Gasteiger partial charge in [-0.15, -0.1) is 0 Å². The summed E-state index contributed by atoms with van der Waals surface area (Å²) in [5.74, 6) is -0.0846. The smallest absolute Gasteiger partial charge is 0.221 e. The molecule has 2 aliphatic rings. The third-order valence-corrected chi connectivity index (χ3v) is 6.71. The maximum atomic E-state index is 11.4. The molecule has 6 nitrogen and oxygen atoms in total. The Kier molecular flexibility index (Phi) is 5.66. The lowest BCUT2D eigenvalue weighted by Crippen LogP contribution is -2.30. The molecular weight excluding hydrogens is 418 g/mol. The first kappa shape index (κ1) is 20.7. The number of hydrogen-bond donors (Lipinski definition) is 2. The summed E-state index contributed by atoms with van der Waals surface area (Å²) in [7, 11) is 0. The van der Waals surface area contributed by atoms with E-state index in [9.17, 15) is 4.79 Å². The van der Waals surface area contributed by atoms with Gasteiger partial charge in [-0.2, -0.15) is 0 Å². The average Bonchev–Trinajstić information content (AvgIpc) is 3.54. The number of rotatable bonds is 5. The van der Waals surface area contributed by atoms with Crippen molar-refractivity contribution in [3.8, 4) is 0 Å². The van der Waals surface area contributed by atoms with Crippen molar-refractivity contribution in [2.24, 2.45) is 0 Å². The van der Waals surface area contributed by atoms with Crippen LogP contribution >= 0.6 is 12.2 Å². The number of benzene rings is 1. The summed E-state index contributed by atoms with van der Waals surface area (Å²) in [5.41, 5.74) is 3.97. The molecule has 1 aliphatic carbocycles. The maximum absolute atomic E-state index is 11.4. The fraction of sp³-hybridized carbons (Fsp3) is 0.320. The molecule has 2 N–H and O–H groups in total. The van der Waals surface area contributed by atoms with Crippen LogP contribution in [-0.2, 0) is 4.79 Å². The summed E-state index contributed by atoms with van der Waals surface area (Å²) in [6.07, 6.45) is 9.03. The summed E-state index contributed by atoms with van der Waals surface area (Å²) in [4.78, 5) is 18.3. The first-order chi connectivity index (χ1) is 15.6. The number of hydrogen-bond acceptors (Lipinski definition) is 3. The van der Waals surface area contributed by atoms with Crippen LogP contribution in [0.15, 0.2) is 67.0 Å². The Bertz CT molecular complexity index is 1100. The minimum absolute atomic E-state index is 0.0281. The third-order valence-electron chi connectivity index (χ3n) is 6.40. The van der Waals surface area contributed by atoms with Gasteiger partial charge in [0.1, 0.15) is 6.04 Å². The number of nitrogens with one attached hydrogen (secondary N) is 2. The van der Waals surface area contributed by atoms with Crippen molar-refractivity contribution >= 4 is 34.6 Å². The summed E-state index contributed by atoms with van der Waals surface area (Å²) in [6.45, 7) is 1.51. The number of thiocarbonyl (C=S) groups is 1. The van der Waals surface area contributed by atoms with E-state index >= 15 is 0 Å². The van der Waals surface area contributed by atoms with Crippen molar-refractivity contribution in [2.75, 3.05) is 10.2 Å².